The van der Waals surface area contributed by atoms with Gasteiger partial charge in [0, 0.05) is 5.69 Å². The fraction of sp³-hybridized carbons (Fsp3) is 0.562. The summed E-state index contributed by atoms with van der Waals surface area (Å²) in [7, 11) is 0. The van der Waals surface area contributed by atoms with Gasteiger partial charge in [0.25, 0.3) is 0 Å². The second kappa shape index (κ2) is 6.71. The molecule has 3 heteroatoms. The minimum Gasteiger partial charge on any atom is -0.325 e. The van der Waals surface area contributed by atoms with Gasteiger partial charge in [0.15, 0.2) is 0 Å². The number of carbonyl (C=O) groups excluding carboxylic acids is 1. The van der Waals surface area contributed by atoms with Crippen LogP contribution in [0.25, 0.3) is 0 Å². The van der Waals surface area contributed by atoms with E-state index in [0.717, 1.165) is 24.3 Å². The van der Waals surface area contributed by atoms with E-state index in [2.05, 4.69) is 23.2 Å². The molecule has 1 aliphatic heterocycles. The van der Waals surface area contributed by atoms with E-state index in [4.69, 9.17) is 0 Å². The molecule has 0 unspecified atom stereocenters. The highest BCUT2D eigenvalue weighted by molar-refractivity contribution is 5.93. The predicted octanol–water partition coefficient (Wildman–Crippen LogP) is 3.12. The summed E-state index contributed by atoms with van der Waals surface area (Å²) in [5, 5.41) is 3.02. The van der Waals surface area contributed by atoms with Crippen LogP contribution in [0.5, 0.6) is 0 Å². The number of hydrogen-bond acceptors (Lipinski definition) is 2. The summed E-state index contributed by atoms with van der Waals surface area (Å²) in [6.45, 7) is 6.73. The summed E-state index contributed by atoms with van der Waals surface area (Å²) in [4.78, 5) is 14.3. The summed E-state index contributed by atoms with van der Waals surface area (Å²) in [5.41, 5.74) is 3.29. The average molecular weight is 260 g/mol. The second-order valence-corrected chi connectivity index (χ2v) is 5.56. The molecule has 104 valence electrons. The zero-order valence-corrected chi connectivity index (χ0v) is 12.0. The Bertz CT molecular complexity index is 434. The topological polar surface area (TPSA) is 32.3 Å². The SMILES string of the molecule is Cc1ccc(NC(=O)CN2CCCCCC2)c(C)c1. The molecule has 0 saturated carbocycles. The van der Waals surface area contributed by atoms with Crippen LogP contribution in [-0.2, 0) is 4.79 Å². The van der Waals surface area contributed by atoms with Gasteiger partial charge in [-0.05, 0) is 51.4 Å². The normalized spacial score (nSPS) is 16.9. The van der Waals surface area contributed by atoms with Crippen molar-refractivity contribution in [1.29, 1.82) is 0 Å². The number of amides is 1. The maximum absolute atomic E-state index is 12.1. The lowest BCUT2D eigenvalue weighted by Crippen LogP contribution is -2.34. The zero-order chi connectivity index (χ0) is 13.7. The van der Waals surface area contributed by atoms with Crippen molar-refractivity contribution in [2.75, 3.05) is 25.0 Å². The van der Waals surface area contributed by atoms with Gasteiger partial charge in [0.2, 0.25) is 5.91 Å². The van der Waals surface area contributed by atoms with Gasteiger partial charge >= 0.3 is 0 Å². The molecule has 0 spiro atoms. The van der Waals surface area contributed by atoms with E-state index in [9.17, 15) is 4.79 Å². The number of likely N-dealkylation sites (tertiary alicyclic amines) is 1. The first-order valence-electron chi connectivity index (χ1n) is 7.24. The molecule has 0 aliphatic carbocycles. The van der Waals surface area contributed by atoms with Gasteiger partial charge in [-0.25, -0.2) is 0 Å². The molecule has 1 N–H and O–H groups in total. The molecule has 1 amide bonds. The fourth-order valence-electron chi connectivity index (χ4n) is 2.64. The van der Waals surface area contributed by atoms with Crippen molar-refractivity contribution in [2.45, 2.75) is 39.5 Å². The Kier molecular flexibility index (Phi) is 4.97. The Hall–Kier alpha value is -1.35. The summed E-state index contributed by atoms with van der Waals surface area (Å²) in [6.07, 6.45) is 5.04. The highest BCUT2D eigenvalue weighted by Crippen LogP contribution is 2.16. The van der Waals surface area contributed by atoms with Gasteiger partial charge in [-0.1, -0.05) is 30.5 Å². The molecule has 2 rings (SSSR count). The molecule has 0 radical (unpaired) electrons. The van der Waals surface area contributed by atoms with E-state index in [1.807, 2.05) is 19.1 Å². The van der Waals surface area contributed by atoms with Crippen molar-refractivity contribution in [3.8, 4) is 0 Å². The van der Waals surface area contributed by atoms with Crippen molar-refractivity contribution < 1.29 is 4.79 Å². The third-order valence-electron chi connectivity index (χ3n) is 3.72. The quantitative estimate of drug-likeness (QED) is 0.905. The molecule has 1 fully saturated rings. The highest BCUT2D eigenvalue weighted by Gasteiger charge is 2.13. The summed E-state index contributed by atoms with van der Waals surface area (Å²) < 4.78 is 0. The summed E-state index contributed by atoms with van der Waals surface area (Å²) >= 11 is 0. The van der Waals surface area contributed by atoms with Crippen LogP contribution < -0.4 is 5.32 Å². The van der Waals surface area contributed by atoms with Gasteiger partial charge in [0.1, 0.15) is 0 Å². The first-order chi connectivity index (χ1) is 9.15. The first-order valence-corrected chi connectivity index (χ1v) is 7.24. The van der Waals surface area contributed by atoms with Crippen molar-refractivity contribution in [3.63, 3.8) is 0 Å². The van der Waals surface area contributed by atoms with E-state index in [1.165, 1.54) is 31.2 Å². The number of aryl methyl sites for hydroxylation is 2. The third kappa shape index (κ3) is 4.35. The maximum atomic E-state index is 12.1. The van der Waals surface area contributed by atoms with Gasteiger partial charge in [0.05, 0.1) is 6.54 Å². The molecule has 1 saturated heterocycles. The fourth-order valence-corrected chi connectivity index (χ4v) is 2.64. The number of rotatable bonds is 3. The standard InChI is InChI=1S/C16H24N2O/c1-13-7-8-15(14(2)11-13)17-16(19)12-18-9-5-3-4-6-10-18/h7-8,11H,3-6,9-10,12H2,1-2H3,(H,17,19). The number of anilines is 1. The van der Waals surface area contributed by atoms with E-state index < -0.39 is 0 Å². The minimum atomic E-state index is 0.105. The van der Waals surface area contributed by atoms with Crippen LogP contribution in [-0.4, -0.2) is 30.4 Å². The van der Waals surface area contributed by atoms with Crippen LogP contribution >= 0.6 is 0 Å². The van der Waals surface area contributed by atoms with Crippen LogP contribution in [0.3, 0.4) is 0 Å². The zero-order valence-electron chi connectivity index (χ0n) is 12.0. The number of carbonyl (C=O) groups is 1. The lowest BCUT2D eigenvalue weighted by Gasteiger charge is -2.19. The molecule has 1 heterocycles. The molecular weight excluding hydrogens is 236 g/mol. The Labute approximate surface area is 116 Å². The van der Waals surface area contributed by atoms with Crippen LogP contribution in [0.4, 0.5) is 5.69 Å². The minimum absolute atomic E-state index is 0.105. The molecule has 0 bridgehead atoms. The molecule has 1 aromatic carbocycles. The van der Waals surface area contributed by atoms with Crippen molar-refractivity contribution in [1.82, 2.24) is 4.90 Å². The van der Waals surface area contributed by atoms with Gasteiger partial charge in [-0.3, -0.25) is 9.69 Å². The lowest BCUT2D eigenvalue weighted by molar-refractivity contribution is -0.117. The third-order valence-corrected chi connectivity index (χ3v) is 3.72. The number of hydrogen-bond donors (Lipinski definition) is 1. The van der Waals surface area contributed by atoms with Gasteiger partial charge < -0.3 is 5.32 Å². The Morgan fingerprint density at radius 3 is 2.47 bits per heavy atom. The average Bonchev–Trinajstić information content (AvgIpc) is 2.61. The Morgan fingerprint density at radius 2 is 1.84 bits per heavy atom. The largest absolute Gasteiger partial charge is 0.325 e. The second-order valence-electron chi connectivity index (χ2n) is 5.56. The highest BCUT2D eigenvalue weighted by atomic mass is 16.2. The maximum Gasteiger partial charge on any atom is 0.238 e. The molecule has 1 aliphatic rings. The molecule has 1 aromatic rings. The molecular formula is C16H24N2O. The molecule has 0 atom stereocenters. The van der Waals surface area contributed by atoms with E-state index in [-0.39, 0.29) is 5.91 Å². The smallest absolute Gasteiger partial charge is 0.238 e. The number of nitrogens with zero attached hydrogens (tertiary/aromatic N) is 1. The Morgan fingerprint density at radius 1 is 1.16 bits per heavy atom. The number of benzene rings is 1. The number of nitrogens with one attached hydrogen (secondary N) is 1. The summed E-state index contributed by atoms with van der Waals surface area (Å²) in [5.74, 6) is 0.105. The van der Waals surface area contributed by atoms with E-state index in [0.29, 0.717) is 6.54 Å². The summed E-state index contributed by atoms with van der Waals surface area (Å²) in [6, 6.07) is 6.13. The first kappa shape index (κ1) is 14.1. The van der Waals surface area contributed by atoms with Crippen molar-refractivity contribution >= 4 is 11.6 Å². The van der Waals surface area contributed by atoms with Crippen LogP contribution in [0.1, 0.15) is 36.8 Å². The molecule has 0 aromatic heterocycles. The Balaban J connectivity index is 1.89. The van der Waals surface area contributed by atoms with Crippen LogP contribution in [0.2, 0.25) is 0 Å². The van der Waals surface area contributed by atoms with Crippen molar-refractivity contribution in [2.24, 2.45) is 0 Å². The van der Waals surface area contributed by atoms with E-state index in [1.54, 1.807) is 0 Å². The van der Waals surface area contributed by atoms with Gasteiger partial charge in [-0.15, -0.1) is 0 Å². The van der Waals surface area contributed by atoms with Crippen molar-refractivity contribution in [3.05, 3.63) is 29.3 Å². The van der Waals surface area contributed by atoms with E-state index >= 15 is 0 Å². The molecule has 19 heavy (non-hydrogen) atoms. The van der Waals surface area contributed by atoms with Gasteiger partial charge in [-0.2, -0.15) is 0 Å². The monoisotopic (exact) mass is 260 g/mol. The van der Waals surface area contributed by atoms with Crippen LogP contribution in [0.15, 0.2) is 18.2 Å². The predicted molar refractivity (Wildman–Crippen MR) is 79.5 cm³/mol. The molecule has 3 nitrogen and oxygen atoms in total. The lowest BCUT2D eigenvalue weighted by atomic mass is 10.1. The van der Waals surface area contributed by atoms with Crippen LogP contribution in [0, 0.1) is 13.8 Å².